The lowest BCUT2D eigenvalue weighted by atomic mass is 9.89. The summed E-state index contributed by atoms with van der Waals surface area (Å²) in [6.45, 7) is 2.70. The Hall–Kier alpha value is -1.02. The minimum Gasteiger partial charge on any atom is -0.330 e. The number of halogens is 2. The van der Waals surface area contributed by atoms with E-state index in [9.17, 15) is 0 Å². The Morgan fingerprint density at radius 2 is 1.84 bits per heavy atom. The third-order valence-corrected chi connectivity index (χ3v) is 3.99. The summed E-state index contributed by atoms with van der Waals surface area (Å²) in [5.74, 6) is 0.261. The van der Waals surface area contributed by atoms with Gasteiger partial charge in [0, 0.05) is 16.0 Å². The molecule has 0 aliphatic heterocycles. The van der Waals surface area contributed by atoms with Gasteiger partial charge in [-0.15, -0.1) is 0 Å². The van der Waals surface area contributed by atoms with Gasteiger partial charge in [-0.1, -0.05) is 47.5 Å². The Labute approximate surface area is 124 Å². The molecular weight excluding hydrogens is 277 g/mol. The molecule has 2 rings (SSSR count). The molecule has 100 valence electrons. The van der Waals surface area contributed by atoms with Crippen LogP contribution in [-0.2, 0) is 6.42 Å². The van der Waals surface area contributed by atoms with Gasteiger partial charge >= 0.3 is 0 Å². The van der Waals surface area contributed by atoms with Crippen molar-refractivity contribution in [1.82, 2.24) is 0 Å². The quantitative estimate of drug-likeness (QED) is 0.877. The van der Waals surface area contributed by atoms with Gasteiger partial charge in [-0.3, -0.25) is 0 Å². The van der Waals surface area contributed by atoms with Gasteiger partial charge in [-0.05, 0) is 54.8 Å². The Bertz CT molecular complexity index is 566. The van der Waals surface area contributed by atoms with Crippen LogP contribution >= 0.6 is 23.2 Å². The Balaban J connectivity index is 2.29. The van der Waals surface area contributed by atoms with Gasteiger partial charge in [0.1, 0.15) is 0 Å². The van der Waals surface area contributed by atoms with Gasteiger partial charge in [-0.2, -0.15) is 0 Å². The number of nitrogens with two attached hydrogens (primary N) is 1. The van der Waals surface area contributed by atoms with Crippen molar-refractivity contribution < 1.29 is 0 Å². The zero-order valence-electron chi connectivity index (χ0n) is 10.9. The number of benzene rings is 2. The van der Waals surface area contributed by atoms with E-state index in [2.05, 4.69) is 19.1 Å². The van der Waals surface area contributed by atoms with Crippen LogP contribution in [0.3, 0.4) is 0 Å². The molecule has 0 aliphatic rings. The number of aryl methyl sites for hydroxylation is 1. The van der Waals surface area contributed by atoms with Gasteiger partial charge < -0.3 is 5.73 Å². The molecule has 2 aromatic rings. The molecule has 0 spiro atoms. The molecule has 0 amide bonds. The SMILES string of the molecule is Cc1ccccc1C(CN)Cc1cc(Cl)ccc1Cl. The van der Waals surface area contributed by atoms with E-state index >= 15 is 0 Å². The summed E-state index contributed by atoms with van der Waals surface area (Å²) < 4.78 is 0. The van der Waals surface area contributed by atoms with Crippen molar-refractivity contribution in [1.29, 1.82) is 0 Å². The summed E-state index contributed by atoms with van der Waals surface area (Å²) in [5.41, 5.74) is 9.52. The molecule has 2 N–H and O–H groups in total. The predicted octanol–water partition coefficient (Wildman–Crippen LogP) is 4.59. The first-order valence-electron chi connectivity index (χ1n) is 6.31. The average Bonchev–Trinajstić information content (AvgIpc) is 2.41. The molecule has 0 aromatic heterocycles. The predicted molar refractivity (Wildman–Crippen MR) is 83.1 cm³/mol. The molecule has 0 aliphatic carbocycles. The monoisotopic (exact) mass is 293 g/mol. The maximum Gasteiger partial charge on any atom is 0.0439 e. The van der Waals surface area contributed by atoms with Gasteiger partial charge in [0.25, 0.3) is 0 Å². The molecular formula is C16H17Cl2N. The van der Waals surface area contributed by atoms with E-state index in [4.69, 9.17) is 28.9 Å². The second-order valence-electron chi connectivity index (χ2n) is 4.73. The fourth-order valence-corrected chi connectivity index (χ4v) is 2.72. The van der Waals surface area contributed by atoms with Crippen molar-refractivity contribution >= 4 is 23.2 Å². The molecule has 2 aromatic carbocycles. The van der Waals surface area contributed by atoms with Crippen LogP contribution < -0.4 is 5.73 Å². The summed E-state index contributed by atoms with van der Waals surface area (Å²) in [4.78, 5) is 0. The molecule has 3 heteroatoms. The smallest absolute Gasteiger partial charge is 0.0439 e. The van der Waals surface area contributed by atoms with E-state index < -0.39 is 0 Å². The minimum absolute atomic E-state index is 0.261. The molecule has 1 nitrogen and oxygen atoms in total. The Morgan fingerprint density at radius 1 is 1.11 bits per heavy atom. The molecule has 1 atom stereocenters. The van der Waals surface area contributed by atoms with Crippen LogP contribution in [0.2, 0.25) is 10.0 Å². The fraction of sp³-hybridized carbons (Fsp3) is 0.250. The van der Waals surface area contributed by atoms with E-state index in [1.807, 2.05) is 24.3 Å². The van der Waals surface area contributed by atoms with Gasteiger partial charge in [0.15, 0.2) is 0 Å². The van der Waals surface area contributed by atoms with Crippen LogP contribution in [0, 0.1) is 6.92 Å². The second kappa shape index (κ2) is 6.42. The molecule has 0 saturated carbocycles. The molecule has 0 radical (unpaired) electrons. The zero-order chi connectivity index (χ0) is 13.8. The normalized spacial score (nSPS) is 12.4. The zero-order valence-corrected chi connectivity index (χ0v) is 12.4. The topological polar surface area (TPSA) is 26.0 Å². The van der Waals surface area contributed by atoms with Gasteiger partial charge in [-0.25, -0.2) is 0 Å². The van der Waals surface area contributed by atoms with Crippen LogP contribution in [0.1, 0.15) is 22.6 Å². The first-order chi connectivity index (χ1) is 9.11. The van der Waals surface area contributed by atoms with Crippen LogP contribution in [0.4, 0.5) is 0 Å². The lowest BCUT2D eigenvalue weighted by Crippen LogP contribution is -2.16. The van der Waals surface area contributed by atoms with Crippen molar-refractivity contribution in [2.24, 2.45) is 5.73 Å². The summed E-state index contributed by atoms with van der Waals surface area (Å²) >= 11 is 12.3. The number of hydrogen-bond donors (Lipinski definition) is 1. The van der Waals surface area contributed by atoms with Crippen molar-refractivity contribution in [2.45, 2.75) is 19.3 Å². The molecule has 0 bridgehead atoms. The maximum atomic E-state index is 6.23. The average molecular weight is 294 g/mol. The highest BCUT2D eigenvalue weighted by atomic mass is 35.5. The Morgan fingerprint density at radius 3 is 2.53 bits per heavy atom. The van der Waals surface area contributed by atoms with Gasteiger partial charge in [0.2, 0.25) is 0 Å². The van der Waals surface area contributed by atoms with E-state index in [1.54, 1.807) is 6.07 Å². The Kier molecular flexibility index (Phi) is 4.87. The molecule has 1 unspecified atom stereocenters. The minimum atomic E-state index is 0.261. The van der Waals surface area contributed by atoms with E-state index in [-0.39, 0.29) is 5.92 Å². The lowest BCUT2D eigenvalue weighted by Gasteiger charge is -2.18. The molecule has 0 heterocycles. The second-order valence-corrected chi connectivity index (χ2v) is 5.57. The summed E-state index contributed by atoms with van der Waals surface area (Å²) in [7, 11) is 0. The number of hydrogen-bond acceptors (Lipinski definition) is 1. The van der Waals surface area contributed by atoms with E-state index in [1.165, 1.54) is 11.1 Å². The summed E-state index contributed by atoms with van der Waals surface area (Å²) in [6.07, 6.45) is 0.806. The van der Waals surface area contributed by atoms with Crippen LogP contribution in [0.5, 0.6) is 0 Å². The van der Waals surface area contributed by atoms with Gasteiger partial charge in [0.05, 0.1) is 0 Å². The van der Waals surface area contributed by atoms with Crippen molar-refractivity contribution in [2.75, 3.05) is 6.54 Å². The molecule has 19 heavy (non-hydrogen) atoms. The standard InChI is InChI=1S/C16H17Cl2N/c1-11-4-2-3-5-15(11)13(10-19)8-12-9-14(17)6-7-16(12)18/h2-7,9,13H,8,10,19H2,1H3. The largest absolute Gasteiger partial charge is 0.330 e. The maximum absolute atomic E-state index is 6.23. The third-order valence-electron chi connectivity index (χ3n) is 3.39. The first kappa shape index (κ1) is 14.4. The summed E-state index contributed by atoms with van der Waals surface area (Å²) in [5, 5.41) is 1.45. The van der Waals surface area contributed by atoms with Crippen molar-refractivity contribution in [3.63, 3.8) is 0 Å². The number of rotatable bonds is 4. The highest BCUT2D eigenvalue weighted by Gasteiger charge is 2.14. The van der Waals surface area contributed by atoms with Crippen LogP contribution in [0.25, 0.3) is 0 Å². The van der Waals surface area contributed by atoms with E-state index in [0.717, 1.165) is 17.0 Å². The van der Waals surface area contributed by atoms with Crippen molar-refractivity contribution in [3.05, 3.63) is 69.2 Å². The molecule has 0 saturated heterocycles. The summed E-state index contributed by atoms with van der Waals surface area (Å²) in [6, 6.07) is 13.9. The van der Waals surface area contributed by atoms with Crippen LogP contribution in [-0.4, -0.2) is 6.54 Å². The first-order valence-corrected chi connectivity index (χ1v) is 7.07. The highest BCUT2D eigenvalue weighted by Crippen LogP contribution is 2.28. The van der Waals surface area contributed by atoms with Crippen LogP contribution in [0.15, 0.2) is 42.5 Å². The highest BCUT2D eigenvalue weighted by molar-refractivity contribution is 6.33. The van der Waals surface area contributed by atoms with Crippen molar-refractivity contribution in [3.8, 4) is 0 Å². The fourth-order valence-electron chi connectivity index (χ4n) is 2.33. The van der Waals surface area contributed by atoms with E-state index in [0.29, 0.717) is 11.6 Å². The lowest BCUT2D eigenvalue weighted by molar-refractivity contribution is 0.690. The molecule has 0 fully saturated rings. The third kappa shape index (κ3) is 3.50.